The summed E-state index contributed by atoms with van der Waals surface area (Å²) in [6, 6.07) is 3.12. The third-order valence-corrected chi connectivity index (χ3v) is 2.73. The van der Waals surface area contributed by atoms with E-state index in [1.165, 1.54) is 21.3 Å². The summed E-state index contributed by atoms with van der Waals surface area (Å²) in [6.45, 7) is 1.10. The number of ether oxygens (including phenoxy) is 3. The van der Waals surface area contributed by atoms with Crippen molar-refractivity contribution < 1.29 is 23.8 Å². The number of nitrogens with zero attached hydrogens (tertiary/aromatic N) is 1. The summed E-state index contributed by atoms with van der Waals surface area (Å²) in [4.78, 5) is 19.1. The summed E-state index contributed by atoms with van der Waals surface area (Å²) < 4.78 is 15.6. The number of rotatable bonds is 8. The van der Waals surface area contributed by atoms with Crippen molar-refractivity contribution in [3.8, 4) is 17.2 Å². The molecule has 0 unspecified atom stereocenters. The van der Waals surface area contributed by atoms with E-state index in [1.807, 2.05) is 19.0 Å². The van der Waals surface area contributed by atoms with Gasteiger partial charge in [0.15, 0.2) is 11.5 Å². The van der Waals surface area contributed by atoms with E-state index in [2.05, 4.69) is 5.48 Å². The molecule has 0 fully saturated rings. The molecule has 1 aromatic carbocycles. The van der Waals surface area contributed by atoms with E-state index >= 15 is 0 Å². The van der Waals surface area contributed by atoms with Crippen LogP contribution in [0.5, 0.6) is 17.2 Å². The van der Waals surface area contributed by atoms with Crippen molar-refractivity contribution in [1.82, 2.24) is 10.4 Å². The van der Waals surface area contributed by atoms with Gasteiger partial charge in [0.05, 0.1) is 27.9 Å². The highest BCUT2D eigenvalue weighted by Crippen LogP contribution is 2.38. The Morgan fingerprint density at radius 3 is 2.10 bits per heavy atom. The van der Waals surface area contributed by atoms with E-state index in [0.717, 1.165) is 0 Å². The lowest BCUT2D eigenvalue weighted by Crippen LogP contribution is -2.28. The third-order valence-electron chi connectivity index (χ3n) is 2.73. The largest absolute Gasteiger partial charge is 0.493 e. The molecule has 0 aliphatic carbocycles. The molecule has 7 nitrogen and oxygen atoms in total. The number of amides is 1. The van der Waals surface area contributed by atoms with E-state index in [4.69, 9.17) is 19.0 Å². The van der Waals surface area contributed by atoms with Crippen LogP contribution in [0.15, 0.2) is 12.1 Å². The Bertz CT molecular complexity index is 451. The maximum atomic E-state index is 12.0. The standard InChI is InChI=1S/C14H22N2O5/c1-16(2)6-7-21-15-14(17)10-8-11(18-3)13(20-5)12(9-10)19-4/h8-9H,6-7H2,1-5H3,(H,15,17). The van der Waals surface area contributed by atoms with Crippen LogP contribution >= 0.6 is 0 Å². The Labute approximate surface area is 124 Å². The number of hydroxylamine groups is 1. The number of nitrogens with one attached hydrogen (secondary N) is 1. The van der Waals surface area contributed by atoms with Crippen LogP contribution < -0.4 is 19.7 Å². The highest BCUT2D eigenvalue weighted by molar-refractivity contribution is 5.94. The first-order chi connectivity index (χ1) is 10.0. The first kappa shape index (κ1) is 17.1. The summed E-state index contributed by atoms with van der Waals surface area (Å²) in [5, 5.41) is 0. The van der Waals surface area contributed by atoms with Crippen LogP contribution in [-0.4, -0.2) is 59.4 Å². The van der Waals surface area contributed by atoms with E-state index in [0.29, 0.717) is 36.0 Å². The van der Waals surface area contributed by atoms with Crippen molar-refractivity contribution >= 4 is 5.91 Å². The lowest BCUT2D eigenvalue weighted by Gasteiger charge is -2.14. The van der Waals surface area contributed by atoms with Crippen LogP contribution in [0.3, 0.4) is 0 Å². The molecule has 0 spiro atoms. The maximum Gasteiger partial charge on any atom is 0.275 e. The molecule has 118 valence electrons. The van der Waals surface area contributed by atoms with Gasteiger partial charge >= 0.3 is 0 Å². The fraction of sp³-hybridized carbons (Fsp3) is 0.500. The van der Waals surface area contributed by atoms with E-state index in [-0.39, 0.29) is 5.91 Å². The molecule has 0 radical (unpaired) electrons. The zero-order chi connectivity index (χ0) is 15.8. The van der Waals surface area contributed by atoms with Crippen LogP contribution in [0.1, 0.15) is 10.4 Å². The summed E-state index contributed by atoms with van der Waals surface area (Å²) >= 11 is 0. The number of likely N-dealkylation sites (N-methyl/N-ethyl adjacent to an activating group) is 1. The highest BCUT2D eigenvalue weighted by atomic mass is 16.7. The number of hydrogen-bond donors (Lipinski definition) is 1. The van der Waals surface area contributed by atoms with Crippen LogP contribution in [0.2, 0.25) is 0 Å². The quantitative estimate of drug-likeness (QED) is 0.569. The molecular weight excluding hydrogens is 276 g/mol. The Kier molecular flexibility index (Phi) is 6.77. The molecule has 0 saturated carbocycles. The molecule has 1 aromatic rings. The smallest absolute Gasteiger partial charge is 0.275 e. The summed E-state index contributed by atoms with van der Waals surface area (Å²) in [5.41, 5.74) is 2.73. The molecule has 21 heavy (non-hydrogen) atoms. The van der Waals surface area contributed by atoms with Crippen LogP contribution in [-0.2, 0) is 4.84 Å². The second kappa shape index (κ2) is 8.33. The van der Waals surface area contributed by atoms with Gasteiger partial charge in [0.25, 0.3) is 5.91 Å². The second-order valence-electron chi connectivity index (χ2n) is 4.50. The van der Waals surface area contributed by atoms with Gasteiger partial charge in [0.2, 0.25) is 5.75 Å². The molecule has 7 heteroatoms. The molecule has 1 amide bonds. The minimum Gasteiger partial charge on any atom is -0.493 e. The average Bonchev–Trinajstić information content (AvgIpc) is 2.49. The monoisotopic (exact) mass is 298 g/mol. The van der Waals surface area contributed by atoms with Gasteiger partial charge in [-0.2, -0.15) is 0 Å². The topological polar surface area (TPSA) is 69.3 Å². The fourth-order valence-electron chi connectivity index (χ4n) is 1.62. The Morgan fingerprint density at radius 2 is 1.67 bits per heavy atom. The van der Waals surface area contributed by atoms with Gasteiger partial charge < -0.3 is 19.1 Å². The Hall–Kier alpha value is -1.99. The van der Waals surface area contributed by atoms with Crippen LogP contribution in [0, 0.1) is 0 Å². The van der Waals surface area contributed by atoms with E-state index < -0.39 is 0 Å². The summed E-state index contributed by atoms with van der Waals surface area (Å²) in [7, 11) is 8.33. The molecule has 0 saturated heterocycles. The van der Waals surface area contributed by atoms with Crippen molar-refractivity contribution in [2.24, 2.45) is 0 Å². The van der Waals surface area contributed by atoms with Gasteiger partial charge in [0, 0.05) is 12.1 Å². The van der Waals surface area contributed by atoms with Crippen LogP contribution in [0.4, 0.5) is 0 Å². The van der Waals surface area contributed by atoms with Gasteiger partial charge in [-0.05, 0) is 26.2 Å². The van der Waals surface area contributed by atoms with Gasteiger partial charge in [-0.1, -0.05) is 0 Å². The first-order valence-electron chi connectivity index (χ1n) is 6.40. The third kappa shape index (κ3) is 4.80. The fourth-order valence-corrected chi connectivity index (χ4v) is 1.62. The summed E-state index contributed by atoms with van der Waals surface area (Å²) in [6.07, 6.45) is 0. The second-order valence-corrected chi connectivity index (χ2v) is 4.50. The van der Waals surface area contributed by atoms with Gasteiger partial charge in [0.1, 0.15) is 0 Å². The molecule has 0 aliphatic rings. The predicted octanol–water partition coefficient (Wildman–Crippen LogP) is 0.935. The predicted molar refractivity (Wildman–Crippen MR) is 78.1 cm³/mol. The van der Waals surface area contributed by atoms with E-state index in [1.54, 1.807) is 12.1 Å². The minimum absolute atomic E-state index is 0.356. The lowest BCUT2D eigenvalue weighted by atomic mass is 10.1. The molecule has 0 aliphatic heterocycles. The SMILES string of the molecule is COc1cc(C(=O)NOCCN(C)C)cc(OC)c1OC. The number of hydrogen-bond acceptors (Lipinski definition) is 6. The molecular formula is C14H22N2O5. The van der Waals surface area contributed by atoms with Gasteiger partial charge in [-0.3, -0.25) is 9.63 Å². The normalized spacial score (nSPS) is 10.4. The van der Waals surface area contributed by atoms with Crippen molar-refractivity contribution in [2.45, 2.75) is 0 Å². The molecule has 1 rings (SSSR count). The molecule has 1 N–H and O–H groups in total. The minimum atomic E-state index is -0.381. The molecule has 0 bridgehead atoms. The van der Waals surface area contributed by atoms with Crippen LogP contribution in [0.25, 0.3) is 0 Å². The van der Waals surface area contributed by atoms with Crippen molar-refractivity contribution in [3.05, 3.63) is 17.7 Å². The molecule has 0 aromatic heterocycles. The van der Waals surface area contributed by atoms with Crippen molar-refractivity contribution in [1.29, 1.82) is 0 Å². The Balaban J connectivity index is 2.80. The number of benzene rings is 1. The number of carbonyl (C=O) groups excluding carboxylic acids is 1. The average molecular weight is 298 g/mol. The zero-order valence-corrected chi connectivity index (χ0v) is 13.1. The maximum absolute atomic E-state index is 12.0. The number of carbonyl (C=O) groups is 1. The summed E-state index contributed by atoms with van der Waals surface area (Å²) in [5.74, 6) is 0.878. The highest BCUT2D eigenvalue weighted by Gasteiger charge is 2.16. The van der Waals surface area contributed by atoms with Crippen molar-refractivity contribution in [3.63, 3.8) is 0 Å². The number of methoxy groups -OCH3 is 3. The molecule has 0 heterocycles. The Morgan fingerprint density at radius 1 is 1.10 bits per heavy atom. The van der Waals surface area contributed by atoms with Crippen molar-refractivity contribution in [2.75, 3.05) is 48.6 Å². The first-order valence-corrected chi connectivity index (χ1v) is 6.40. The lowest BCUT2D eigenvalue weighted by molar-refractivity contribution is 0.0262. The van der Waals surface area contributed by atoms with Gasteiger partial charge in [-0.15, -0.1) is 0 Å². The van der Waals surface area contributed by atoms with E-state index in [9.17, 15) is 4.79 Å². The molecule has 0 atom stereocenters. The zero-order valence-electron chi connectivity index (χ0n) is 13.1. The van der Waals surface area contributed by atoms with Gasteiger partial charge in [-0.25, -0.2) is 5.48 Å².